The molecule has 3 rings (SSSR count). The van der Waals surface area contributed by atoms with Crippen LogP contribution in [0, 0.1) is 0 Å². The van der Waals surface area contributed by atoms with Crippen LogP contribution in [0.5, 0.6) is 0 Å². The summed E-state index contributed by atoms with van der Waals surface area (Å²) >= 11 is 0. The van der Waals surface area contributed by atoms with Gasteiger partial charge in [0.15, 0.2) is 9.84 Å². The molecule has 1 fully saturated rings. The number of carbonyl (C=O) groups is 1. The van der Waals surface area contributed by atoms with Crippen LogP contribution in [0.1, 0.15) is 19.0 Å². The molecule has 1 aromatic carbocycles. The number of aromatic amines is 1. The molecular formula is C17H23N3O3S. The average Bonchev–Trinajstić information content (AvgIpc) is 2.89. The van der Waals surface area contributed by atoms with Crippen molar-refractivity contribution in [3.05, 3.63) is 36.0 Å². The van der Waals surface area contributed by atoms with Gasteiger partial charge >= 0.3 is 6.03 Å². The number of rotatable bonds is 3. The minimum atomic E-state index is -3.02. The summed E-state index contributed by atoms with van der Waals surface area (Å²) in [6.45, 7) is 2.68. The second kappa shape index (κ2) is 6.84. The van der Waals surface area contributed by atoms with Gasteiger partial charge in [0.25, 0.3) is 0 Å². The highest BCUT2D eigenvalue weighted by Gasteiger charge is 2.27. The molecule has 0 aliphatic carbocycles. The number of amides is 2. The van der Waals surface area contributed by atoms with E-state index in [0.717, 1.165) is 16.6 Å². The van der Waals surface area contributed by atoms with Crippen molar-refractivity contribution in [2.75, 3.05) is 24.6 Å². The number of urea groups is 1. The second-order valence-electron chi connectivity index (χ2n) is 6.35. The van der Waals surface area contributed by atoms with Crippen LogP contribution in [0.15, 0.2) is 30.3 Å². The predicted octanol–water partition coefficient (Wildman–Crippen LogP) is 1.93. The van der Waals surface area contributed by atoms with Gasteiger partial charge in [0.05, 0.1) is 11.5 Å². The summed E-state index contributed by atoms with van der Waals surface area (Å²) in [5, 5.41) is 4.06. The number of carbonyl (C=O) groups excluding carboxylic acids is 1. The zero-order chi connectivity index (χ0) is 17.2. The number of hydrogen-bond acceptors (Lipinski definition) is 3. The van der Waals surface area contributed by atoms with Gasteiger partial charge in [-0.1, -0.05) is 18.2 Å². The minimum Gasteiger partial charge on any atom is -0.358 e. The molecule has 2 heterocycles. The smallest absolute Gasteiger partial charge is 0.317 e. The molecule has 1 atom stereocenters. The number of fused-ring (bicyclic) bond motifs is 1. The van der Waals surface area contributed by atoms with Crippen molar-refractivity contribution in [2.45, 2.75) is 25.8 Å². The molecule has 0 unspecified atom stereocenters. The van der Waals surface area contributed by atoms with E-state index in [-0.39, 0.29) is 30.1 Å². The van der Waals surface area contributed by atoms with Crippen molar-refractivity contribution in [3.8, 4) is 0 Å². The van der Waals surface area contributed by atoms with Crippen LogP contribution >= 0.6 is 0 Å². The first-order valence-electron chi connectivity index (χ1n) is 8.26. The summed E-state index contributed by atoms with van der Waals surface area (Å²) in [4.78, 5) is 17.3. The first-order chi connectivity index (χ1) is 11.4. The van der Waals surface area contributed by atoms with E-state index < -0.39 is 9.84 Å². The molecule has 1 saturated heterocycles. The fourth-order valence-corrected chi connectivity index (χ4v) is 4.42. The first kappa shape index (κ1) is 16.8. The molecule has 0 bridgehead atoms. The van der Waals surface area contributed by atoms with Gasteiger partial charge in [-0.05, 0) is 30.9 Å². The molecule has 24 heavy (non-hydrogen) atoms. The Bertz CT molecular complexity index is 795. The van der Waals surface area contributed by atoms with Crippen molar-refractivity contribution in [2.24, 2.45) is 0 Å². The molecule has 2 N–H and O–H groups in total. The maximum Gasteiger partial charge on any atom is 0.317 e. The minimum absolute atomic E-state index is 0.0484. The summed E-state index contributed by atoms with van der Waals surface area (Å²) in [6.07, 6.45) is 1.21. The predicted molar refractivity (Wildman–Crippen MR) is 94.8 cm³/mol. The van der Waals surface area contributed by atoms with Gasteiger partial charge in [-0.15, -0.1) is 0 Å². The largest absolute Gasteiger partial charge is 0.358 e. The molecule has 1 aliphatic rings. The monoisotopic (exact) mass is 349 g/mol. The Hall–Kier alpha value is -2.02. The Morgan fingerprint density at radius 1 is 1.33 bits per heavy atom. The number of sulfone groups is 1. The molecule has 1 aromatic heterocycles. The van der Waals surface area contributed by atoms with Crippen molar-refractivity contribution >= 4 is 26.8 Å². The molecule has 2 amide bonds. The Morgan fingerprint density at radius 2 is 2.12 bits per heavy atom. The maximum atomic E-state index is 12.3. The van der Waals surface area contributed by atoms with Crippen LogP contribution < -0.4 is 5.32 Å². The SMILES string of the molecule is C[C@H]1CCS(=O)(=O)CCN1C(=O)NCCc1cc2ccccc2[nH]1. The fourth-order valence-electron chi connectivity index (χ4n) is 3.04. The number of H-pyrrole nitrogens is 1. The lowest BCUT2D eigenvalue weighted by atomic mass is 10.2. The van der Waals surface area contributed by atoms with E-state index in [1.54, 1.807) is 4.90 Å². The van der Waals surface area contributed by atoms with E-state index in [1.807, 2.05) is 31.2 Å². The highest BCUT2D eigenvalue weighted by Crippen LogP contribution is 2.15. The summed E-state index contributed by atoms with van der Waals surface area (Å²) in [5.41, 5.74) is 2.16. The van der Waals surface area contributed by atoms with E-state index in [9.17, 15) is 13.2 Å². The molecule has 6 nitrogen and oxygen atoms in total. The summed E-state index contributed by atoms with van der Waals surface area (Å²) in [5.74, 6) is 0.208. The molecule has 2 aromatic rings. The lowest BCUT2D eigenvalue weighted by molar-refractivity contribution is 0.183. The van der Waals surface area contributed by atoms with Crippen LogP contribution in [0.2, 0.25) is 0 Å². The quantitative estimate of drug-likeness (QED) is 0.888. The van der Waals surface area contributed by atoms with Crippen molar-refractivity contribution in [3.63, 3.8) is 0 Å². The van der Waals surface area contributed by atoms with Crippen molar-refractivity contribution in [1.82, 2.24) is 15.2 Å². The van der Waals surface area contributed by atoms with E-state index in [1.165, 1.54) is 0 Å². The Balaban J connectivity index is 1.55. The van der Waals surface area contributed by atoms with E-state index in [0.29, 0.717) is 19.4 Å². The van der Waals surface area contributed by atoms with E-state index >= 15 is 0 Å². The van der Waals surface area contributed by atoms with Gasteiger partial charge < -0.3 is 15.2 Å². The number of para-hydroxylation sites is 1. The molecule has 0 radical (unpaired) electrons. The van der Waals surface area contributed by atoms with Crippen LogP contribution in [-0.2, 0) is 16.3 Å². The van der Waals surface area contributed by atoms with Crippen LogP contribution in [0.3, 0.4) is 0 Å². The maximum absolute atomic E-state index is 12.3. The molecular weight excluding hydrogens is 326 g/mol. The molecule has 0 saturated carbocycles. The number of aromatic nitrogens is 1. The third-order valence-corrected chi connectivity index (χ3v) is 6.20. The Labute approximate surface area is 142 Å². The topological polar surface area (TPSA) is 82.3 Å². The third kappa shape index (κ3) is 3.90. The summed E-state index contributed by atoms with van der Waals surface area (Å²) in [7, 11) is -3.02. The zero-order valence-corrected chi connectivity index (χ0v) is 14.6. The highest BCUT2D eigenvalue weighted by molar-refractivity contribution is 7.91. The van der Waals surface area contributed by atoms with Crippen molar-refractivity contribution < 1.29 is 13.2 Å². The van der Waals surface area contributed by atoms with E-state index in [4.69, 9.17) is 0 Å². The molecule has 0 spiro atoms. The van der Waals surface area contributed by atoms with Crippen LogP contribution in [-0.4, -0.2) is 55.0 Å². The highest BCUT2D eigenvalue weighted by atomic mass is 32.2. The Kier molecular flexibility index (Phi) is 4.80. The van der Waals surface area contributed by atoms with Gasteiger partial charge in [-0.25, -0.2) is 13.2 Å². The van der Waals surface area contributed by atoms with Gasteiger partial charge in [0.2, 0.25) is 0 Å². The Morgan fingerprint density at radius 3 is 2.92 bits per heavy atom. The van der Waals surface area contributed by atoms with E-state index in [2.05, 4.69) is 16.4 Å². The van der Waals surface area contributed by atoms with Gasteiger partial charge in [-0.3, -0.25) is 0 Å². The van der Waals surface area contributed by atoms with Crippen molar-refractivity contribution in [1.29, 1.82) is 0 Å². The van der Waals surface area contributed by atoms with Gasteiger partial charge in [0, 0.05) is 36.8 Å². The lowest BCUT2D eigenvalue weighted by Gasteiger charge is -2.26. The van der Waals surface area contributed by atoms with Crippen LogP contribution in [0.4, 0.5) is 4.79 Å². The normalized spacial score (nSPS) is 20.7. The summed E-state index contributed by atoms with van der Waals surface area (Å²) < 4.78 is 23.4. The standard InChI is InChI=1S/C17H23N3O3S/c1-13-7-10-24(22,23)11-9-20(13)17(21)18-8-6-15-12-14-4-2-3-5-16(14)19-15/h2-5,12-13,19H,6-11H2,1H3,(H,18,21)/t13-/m0/s1. The van der Waals surface area contributed by atoms with Gasteiger partial charge in [-0.2, -0.15) is 0 Å². The number of nitrogens with one attached hydrogen (secondary N) is 2. The fraction of sp³-hybridized carbons (Fsp3) is 0.471. The molecule has 7 heteroatoms. The molecule has 1 aliphatic heterocycles. The number of benzene rings is 1. The second-order valence-corrected chi connectivity index (χ2v) is 8.65. The zero-order valence-electron chi connectivity index (χ0n) is 13.8. The first-order valence-corrected chi connectivity index (χ1v) is 10.1. The average molecular weight is 349 g/mol. The number of nitrogens with zero attached hydrogens (tertiary/aromatic N) is 1. The third-order valence-electron chi connectivity index (χ3n) is 4.54. The summed E-state index contributed by atoms with van der Waals surface area (Å²) in [6, 6.07) is 9.90. The lowest BCUT2D eigenvalue weighted by Crippen LogP contribution is -2.46. The van der Waals surface area contributed by atoms with Gasteiger partial charge in [0.1, 0.15) is 0 Å². The van der Waals surface area contributed by atoms with Crippen LogP contribution in [0.25, 0.3) is 10.9 Å². The molecule has 130 valence electrons. The number of hydrogen-bond donors (Lipinski definition) is 2.